The number of aromatic nitrogens is 1. The van der Waals surface area contributed by atoms with Crippen molar-refractivity contribution in [1.82, 2.24) is 15.2 Å². The van der Waals surface area contributed by atoms with E-state index in [9.17, 15) is 0 Å². The Balaban J connectivity index is 1.50. The van der Waals surface area contributed by atoms with Crippen molar-refractivity contribution in [2.45, 2.75) is 25.2 Å². The molecule has 3 rings (SSSR count). The molecular weight excluding hydrogens is 214 g/mol. The molecule has 2 aliphatic heterocycles. The smallest absolute Gasteiger partial charge is 0.0892 e. The van der Waals surface area contributed by atoms with Gasteiger partial charge in [-0.1, -0.05) is 6.07 Å². The zero-order chi connectivity index (χ0) is 11.5. The molecule has 0 unspecified atom stereocenters. The summed E-state index contributed by atoms with van der Waals surface area (Å²) in [6.07, 6.45) is 3.35. The average molecular weight is 233 g/mol. The van der Waals surface area contributed by atoms with Crippen LogP contribution >= 0.6 is 0 Å². The van der Waals surface area contributed by atoms with Gasteiger partial charge in [0.15, 0.2) is 0 Å². The molecule has 2 saturated heterocycles. The third-order valence-corrected chi connectivity index (χ3v) is 3.64. The highest BCUT2D eigenvalue weighted by Gasteiger charge is 2.33. The second-order valence-corrected chi connectivity index (χ2v) is 4.84. The van der Waals surface area contributed by atoms with E-state index in [-0.39, 0.29) is 0 Å². The predicted octanol–water partition coefficient (Wildman–Crippen LogP) is 0.644. The molecule has 17 heavy (non-hydrogen) atoms. The first kappa shape index (κ1) is 11.1. The van der Waals surface area contributed by atoms with Gasteiger partial charge in [-0.15, -0.1) is 0 Å². The first-order chi connectivity index (χ1) is 8.42. The highest BCUT2D eigenvalue weighted by atomic mass is 16.5. The summed E-state index contributed by atoms with van der Waals surface area (Å²) in [5, 5.41) is 3.44. The molecule has 0 saturated carbocycles. The van der Waals surface area contributed by atoms with Crippen LogP contribution in [0, 0.1) is 0 Å². The van der Waals surface area contributed by atoms with Crippen LogP contribution in [-0.2, 0) is 11.3 Å². The number of rotatable bonds is 3. The highest BCUT2D eigenvalue weighted by Crippen LogP contribution is 2.21. The summed E-state index contributed by atoms with van der Waals surface area (Å²) in [6.45, 7) is 5.11. The molecule has 1 aromatic heterocycles. The van der Waals surface area contributed by atoms with Gasteiger partial charge in [-0.05, 0) is 18.6 Å². The number of fused-ring (bicyclic) bond motifs is 1. The molecule has 0 bridgehead atoms. The normalized spacial score (nSPS) is 29.2. The van der Waals surface area contributed by atoms with Crippen molar-refractivity contribution in [2.75, 3.05) is 26.2 Å². The van der Waals surface area contributed by atoms with Crippen LogP contribution < -0.4 is 5.32 Å². The maximum atomic E-state index is 5.95. The summed E-state index contributed by atoms with van der Waals surface area (Å²) in [4.78, 5) is 6.82. The van der Waals surface area contributed by atoms with Crippen LogP contribution in [0.3, 0.4) is 0 Å². The third-order valence-electron chi connectivity index (χ3n) is 3.64. The van der Waals surface area contributed by atoms with Gasteiger partial charge in [-0.3, -0.25) is 9.88 Å². The SMILES string of the molecule is c1ccc(CO[C@H]2C[C@H]3CNCCN3C2)nc1. The number of ether oxygens (including phenoxy) is 1. The molecule has 4 heteroatoms. The van der Waals surface area contributed by atoms with E-state index < -0.39 is 0 Å². The molecule has 1 N–H and O–H groups in total. The number of hydrogen-bond donors (Lipinski definition) is 1. The summed E-state index contributed by atoms with van der Waals surface area (Å²) in [6, 6.07) is 6.64. The Bertz CT molecular complexity index is 343. The lowest BCUT2D eigenvalue weighted by atomic mass is 10.2. The molecule has 4 nitrogen and oxygen atoms in total. The molecule has 0 aromatic carbocycles. The molecule has 0 radical (unpaired) electrons. The predicted molar refractivity (Wildman–Crippen MR) is 65.7 cm³/mol. The Hall–Kier alpha value is -0.970. The van der Waals surface area contributed by atoms with Gasteiger partial charge in [0.1, 0.15) is 0 Å². The fourth-order valence-corrected chi connectivity index (χ4v) is 2.72. The highest BCUT2D eigenvalue weighted by molar-refractivity contribution is 5.02. The van der Waals surface area contributed by atoms with Crippen LogP contribution in [0.1, 0.15) is 12.1 Å². The topological polar surface area (TPSA) is 37.4 Å². The minimum Gasteiger partial charge on any atom is -0.371 e. The Labute approximate surface area is 102 Å². The lowest BCUT2D eigenvalue weighted by Gasteiger charge is -2.29. The van der Waals surface area contributed by atoms with Crippen LogP contribution in [0.2, 0.25) is 0 Å². The van der Waals surface area contributed by atoms with Gasteiger partial charge in [0.25, 0.3) is 0 Å². The summed E-state index contributed by atoms with van der Waals surface area (Å²) in [5.41, 5.74) is 1.02. The lowest BCUT2D eigenvalue weighted by Crippen LogP contribution is -2.47. The minimum atomic E-state index is 0.377. The van der Waals surface area contributed by atoms with Gasteiger partial charge >= 0.3 is 0 Å². The van der Waals surface area contributed by atoms with Crippen LogP contribution in [0.5, 0.6) is 0 Å². The van der Waals surface area contributed by atoms with E-state index in [4.69, 9.17) is 4.74 Å². The number of pyridine rings is 1. The Morgan fingerprint density at radius 2 is 2.47 bits per heavy atom. The van der Waals surface area contributed by atoms with Gasteiger partial charge in [0.2, 0.25) is 0 Å². The van der Waals surface area contributed by atoms with E-state index in [2.05, 4.69) is 15.2 Å². The minimum absolute atomic E-state index is 0.377. The third kappa shape index (κ3) is 2.65. The molecule has 3 heterocycles. The fourth-order valence-electron chi connectivity index (χ4n) is 2.72. The first-order valence-corrected chi connectivity index (χ1v) is 6.38. The second-order valence-electron chi connectivity index (χ2n) is 4.84. The van der Waals surface area contributed by atoms with Gasteiger partial charge in [0.05, 0.1) is 18.4 Å². The molecule has 0 amide bonds. The van der Waals surface area contributed by atoms with Crippen LogP contribution in [0.25, 0.3) is 0 Å². The van der Waals surface area contributed by atoms with Gasteiger partial charge in [-0.25, -0.2) is 0 Å². The molecule has 0 aliphatic carbocycles. The molecular formula is C13H19N3O. The van der Waals surface area contributed by atoms with Crippen molar-refractivity contribution in [2.24, 2.45) is 0 Å². The van der Waals surface area contributed by atoms with Crippen molar-refractivity contribution in [3.8, 4) is 0 Å². The maximum Gasteiger partial charge on any atom is 0.0892 e. The maximum absolute atomic E-state index is 5.95. The summed E-state index contributed by atoms with van der Waals surface area (Å²) in [5.74, 6) is 0. The van der Waals surface area contributed by atoms with E-state index in [0.717, 1.165) is 38.3 Å². The quantitative estimate of drug-likeness (QED) is 0.831. The van der Waals surface area contributed by atoms with E-state index in [0.29, 0.717) is 18.8 Å². The molecule has 1 aromatic rings. The van der Waals surface area contributed by atoms with Crippen molar-refractivity contribution in [3.63, 3.8) is 0 Å². The first-order valence-electron chi connectivity index (χ1n) is 6.38. The van der Waals surface area contributed by atoms with E-state index in [1.165, 1.54) is 0 Å². The van der Waals surface area contributed by atoms with Crippen molar-refractivity contribution < 1.29 is 4.74 Å². The van der Waals surface area contributed by atoms with Crippen molar-refractivity contribution in [1.29, 1.82) is 0 Å². The van der Waals surface area contributed by atoms with Gasteiger partial charge in [0, 0.05) is 38.4 Å². The van der Waals surface area contributed by atoms with Crippen LogP contribution in [0.15, 0.2) is 24.4 Å². The van der Waals surface area contributed by atoms with E-state index in [1.807, 2.05) is 24.4 Å². The van der Waals surface area contributed by atoms with Crippen LogP contribution in [0.4, 0.5) is 0 Å². The standard InChI is InChI=1S/C13H19N3O/c1-2-4-15-11(3-1)10-17-13-7-12-8-14-5-6-16(12)9-13/h1-4,12-14H,5-10H2/t12-,13-/m0/s1. The van der Waals surface area contributed by atoms with Crippen LogP contribution in [-0.4, -0.2) is 48.2 Å². The fraction of sp³-hybridized carbons (Fsp3) is 0.615. The number of hydrogen-bond acceptors (Lipinski definition) is 4. The number of nitrogens with one attached hydrogen (secondary N) is 1. The molecule has 92 valence electrons. The van der Waals surface area contributed by atoms with Gasteiger partial charge < -0.3 is 10.1 Å². The number of piperazine rings is 1. The lowest BCUT2D eigenvalue weighted by molar-refractivity contribution is 0.0450. The second kappa shape index (κ2) is 5.12. The zero-order valence-electron chi connectivity index (χ0n) is 10.0. The number of nitrogens with zero attached hydrogens (tertiary/aromatic N) is 2. The van der Waals surface area contributed by atoms with Crippen molar-refractivity contribution >= 4 is 0 Å². The molecule has 2 fully saturated rings. The van der Waals surface area contributed by atoms with E-state index >= 15 is 0 Å². The monoisotopic (exact) mass is 233 g/mol. The van der Waals surface area contributed by atoms with Gasteiger partial charge in [-0.2, -0.15) is 0 Å². The summed E-state index contributed by atoms with van der Waals surface area (Å²) < 4.78 is 5.95. The van der Waals surface area contributed by atoms with E-state index in [1.54, 1.807) is 0 Å². The Kier molecular flexibility index (Phi) is 3.36. The molecule has 2 atom stereocenters. The molecule has 2 aliphatic rings. The Morgan fingerprint density at radius 1 is 1.47 bits per heavy atom. The zero-order valence-corrected chi connectivity index (χ0v) is 10.0. The molecule has 0 spiro atoms. The Morgan fingerprint density at radius 3 is 3.29 bits per heavy atom. The summed E-state index contributed by atoms with van der Waals surface area (Å²) in [7, 11) is 0. The average Bonchev–Trinajstić information content (AvgIpc) is 2.80. The summed E-state index contributed by atoms with van der Waals surface area (Å²) >= 11 is 0. The largest absolute Gasteiger partial charge is 0.371 e. The van der Waals surface area contributed by atoms with Crippen molar-refractivity contribution in [3.05, 3.63) is 30.1 Å².